The van der Waals surface area contributed by atoms with Crippen molar-refractivity contribution in [1.82, 2.24) is 14.8 Å². The highest BCUT2D eigenvalue weighted by Gasteiger charge is 2.35. The first-order valence-electron chi connectivity index (χ1n) is 11.1. The Morgan fingerprint density at radius 3 is 2.62 bits per heavy atom. The molecule has 9 heteroatoms. The van der Waals surface area contributed by atoms with Crippen LogP contribution in [0.15, 0.2) is 65.0 Å². The number of aromatic nitrogens is 3. The van der Waals surface area contributed by atoms with E-state index in [9.17, 15) is 4.79 Å². The fourth-order valence-electron chi connectivity index (χ4n) is 3.75. The maximum absolute atomic E-state index is 13.1. The number of halogens is 1. The number of anilines is 2. The van der Waals surface area contributed by atoms with Crippen LogP contribution in [0.4, 0.5) is 11.6 Å². The maximum atomic E-state index is 13.1. The summed E-state index contributed by atoms with van der Waals surface area (Å²) >= 11 is 7.81. The number of hydrogen-bond donors (Lipinski definition) is 1. The molecule has 2 heterocycles. The van der Waals surface area contributed by atoms with Crippen molar-refractivity contribution in [2.75, 3.05) is 30.9 Å². The number of carbonyl (C=O) groups is 1. The minimum atomic E-state index is -0.445. The summed E-state index contributed by atoms with van der Waals surface area (Å²) in [5, 5.41) is 9.34. The second-order valence-corrected chi connectivity index (χ2v) is 9.58. The second-order valence-electron chi connectivity index (χ2n) is 8.23. The highest BCUT2D eigenvalue weighted by molar-refractivity contribution is 7.98. The second kappa shape index (κ2) is 10.5. The van der Waals surface area contributed by atoms with Gasteiger partial charge in [-0.2, -0.15) is 4.98 Å². The Bertz CT molecular complexity index is 1210. The molecule has 0 amide bonds. The van der Waals surface area contributed by atoms with Crippen LogP contribution in [0.3, 0.4) is 0 Å². The zero-order valence-electron chi connectivity index (χ0n) is 19.7. The molecule has 3 aromatic rings. The molecule has 178 valence electrons. The number of nitrogens with zero attached hydrogens (tertiary/aromatic N) is 4. The van der Waals surface area contributed by atoms with Crippen molar-refractivity contribution in [3.63, 3.8) is 0 Å². The zero-order chi connectivity index (χ0) is 24.2. The van der Waals surface area contributed by atoms with Crippen molar-refractivity contribution in [2.45, 2.75) is 37.2 Å². The van der Waals surface area contributed by atoms with Gasteiger partial charge in [0, 0.05) is 36.3 Å². The van der Waals surface area contributed by atoms with Crippen LogP contribution in [0.2, 0.25) is 5.02 Å². The third-order valence-electron chi connectivity index (χ3n) is 5.53. The molecule has 2 aromatic carbocycles. The molecule has 0 saturated carbocycles. The number of rotatable bonds is 8. The minimum Gasteiger partial charge on any atom is -0.462 e. The number of nitrogens with one attached hydrogen (secondary N) is 1. The van der Waals surface area contributed by atoms with Gasteiger partial charge >= 0.3 is 5.97 Å². The van der Waals surface area contributed by atoms with Crippen molar-refractivity contribution < 1.29 is 9.53 Å². The number of benzene rings is 2. The van der Waals surface area contributed by atoms with E-state index in [1.807, 2.05) is 81.4 Å². The SMILES string of the molecule is CCCOC(=O)C1=C(C)Nc2nc(SCc3ccccc3Cl)nn2C1c1ccc(N(C)C)cc1. The molecule has 4 rings (SSSR count). The Kier molecular flexibility index (Phi) is 7.48. The normalized spacial score (nSPS) is 15.0. The molecule has 1 unspecified atom stereocenters. The van der Waals surface area contributed by atoms with Crippen LogP contribution >= 0.6 is 23.4 Å². The van der Waals surface area contributed by atoms with Gasteiger partial charge in [-0.3, -0.25) is 0 Å². The molecule has 1 aromatic heterocycles. The van der Waals surface area contributed by atoms with E-state index in [-0.39, 0.29) is 5.97 Å². The molecule has 0 aliphatic carbocycles. The lowest BCUT2D eigenvalue weighted by atomic mass is 9.95. The summed E-state index contributed by atoms with van der Waals surface area (Å²) in [6.07, 6.45) is 0.755. The van der Waals surface area contributed by atoms with Gasteiger partial charge in [-0.25, -0.2) is 9.48 Å². The molecule has 0 saturated heterocycles. The molecule has 7 nitrogen and oxygen atoms in total. The number of esters is 1. The van der Waals surface area contributed by atoms with Gasteiger partial charge in [-0.05, 0) is 42.7 Å². The summed E-state index contributed by atoms with van der Waals surface area (Å²) < 4.78 is 7.30. The Hall–Kier alpha value is -2.97. The molecule has 1 aliphatic rings. The van der Waals surface area contributed by atoms with Crippen LogP contribution in [-0.2, 0) is 15.3 Å². The monoisotopic (exact) mass is 497 g/mol. The molecule has 0 bridgehead atoms. The van der Waals surface area contributed by atoms with Gasteiger partial charge in [0.2, 0.25) is 11.1 Å². The summed E-state index contributed by atoms with van der Waals surface area (Å²) in [6.45, 7) is 4.21. The predicted molar refractivity (Wildman–Crippen MR) is 138 cm³/mol. The molecule has 1 aliphatic heterocycles. The van der Waals surface area contributed by atoms with E-state index in [1.54, 1.807) is 4.68 Å². The first-order chi connectivity index (χ1) is 16.4. The lowest BCUT2D eigenvalue weighted by Crippen LogP contribution is -2.29. The molecule has 34 heavy (non-hydrogen) atoms. The van der Waals surface area contributed by atoms with E-state index >= 15 is 0 Å². The lowest BCUT2D eigenvalue weighted by molar-refractivity contribution is -0.139. The van der Waals surface area contributed by atoms with E-state index in [0.717, 1.165) is 28.3 Å². The van der Waals surface area contributed by atoms with Crippen LogP contribution in [0.25, 0.3) is 0 Å². The Labute approximate surface area is 209 Å². The average molecular weight is 498 g/mol. The first kappa shape index (κ1) is 24.2. The van der Waals surface area contributed by atoms with Gasteiger partial charge in [0.25, 0.3) is 0 Å². The molecular formula is C25H28ClN5O2S. The van der Waals surface area contributed by atoms with Gasteiger partial charge in [0.1, 0.15) is 6.04 Å². The highest BCUT2D eigenvalue weighted by Crippen LogP contribution is 2.37. The van der Waals surface area contributed by atoms with Crippen LogP contribution < -0.4 is 10.2 Å². The van der Waals surface area contributed by atoms with Gasteiger partial charge in [0.15, 0.2) is 0 Å². The Morgan fingerprint density at radius 2 is 1.94 bits per heavy atom. The van der Waals surface area contributed by atoms with Gasteiger partial charge in [0.05, 0.1) is 12.2 Å². The number of carbonyl (C=O) groups excluding carboxylic acids is 1. The van der Waals surface area contributed by atoms with Gasteiger partial charge in [-0.1, -0.05) is 60.6 Å². The quantitative estimate of drug-likeness (QED) is 0.324. The van der Waals surface area contributed by atoms with E-state index in [0.29, 0.717) is 34.7 Å². The molecule has 1 N–H and O–H groups in total. The highest BCUT2D eigenvalue weighted by atomic mass is 35.5. The number of fused-ring (bicyclic) bond motifs is 1. The summed E-state index contributed by atoms with van der Waals surface area (Å²) in [4.78, 5) is 19.8. The standard InChI is InChI=1S/C25H28ClN5O2S/c1-5-14-33-23(32)21-16(2)27-24-28-25(34-15-18-8-6-7-9-20(18)26)29-31(24)22(21)17-10-12-19(13-11-17)30(3)4/h6-13,22H,5,14-15H2,1-4H3,(H,27,28,29). The van der Waals surface area contributed by atoms with Crippen molar-refractivity contribution >= 4 is 41.0 Å². The zero-order valence-corrected chi connectivity index (χ0v) is 21.3. The summed E-state index contributed by atoms with van der Waals surface area (Å²) in [6, 6.07) is 15.4. The molecule has 0 fully saturated rings. The molecule has 1 atom stereocenters. The van der Waals surface area contributed by atoms with Crippen LogP contribution in [0.5, 0.6) is 0 Å². The van der Waals surface area contributed by atoms with Crippen molar-refractivity contribution in [3.05, 3.63) is 76.0 Å². The van der Waals surface area contributed by atoms with E-state index < -0.39 is 6.04 Å². The van der Waals surface area contributed by atoms with Gasteiger partial charge in [-0.15, -0.1) is 5.10 Å². The number of thioether (sulfide) groups is 1. The van der Waals surface area contributed by atoms with Crippen LogP contribution in [0, 0.1) is 0 Å². The summed E-state index contributed by atoms with van der Waals surface area (Å²) in [5.41, 5.74) is 4.27. The minimum absolute atomic E-state index is 0.347. The van der Waals surface area contributed by atoms with E-state index in [4.69, 9.17) is 21.4 Å². The van der Waals surface area contributed by atoms with E-state index in [1.165, 1.54) is 11.8 Å². The fraction of sp³-hybridized carbons (Fsp3) is 0.320. The molecule has 0 radical (unpaired) electrons. The average Bonchev–Trinajstić information content (AvgIpc) is 3.23. The number of hydrogen-bond acceptors (Lipinski definition) is 7. The first-order valence-corrected chi connectivity index (χ1v) is 12.5. The topological polar surface area (TPSA) is 72.3 Å². The smallest absolute Gasteiger partial charge is 0.338 e. The van der Waals surface area contributed by atoms with Gasteiger partial charge < -0.3 is 15.0 Å². The van der Waals surface area contributed by atoms with Crippen LogP contribution in [0.1, 0.15) is 37.4 Å². The Balaban J connectivity index is 1.69. The number of allylic oxidation sites excluding steroid dienone is 1. The lowest BCUT2D eigenvalue weighted by Gasteiger charge is -2.28. The van der Waals surface area contributed by atoms with Crippen molar-refractivity contribution in [2.24, 2.45) is 0 Å². The molecular weight excluding hydrogens is 470 g/mol. The number of ether oxygens (including phenoxy) is 1. The molecule has 0 spiro atoms. The summed E-state index contributed by atoms with van der Waals surface area (Å²) in [5.74, 6) is 0.885. The largest absolute Gasteiger partial charge is 0.462 e. The maximum Gasteiger partial charge on any atom is 0.338 e. The predicted octanol–water partition coefficient (Wildman–Crippen LogP) is 5.53. The fourth-order valence-corrected chi connectivity index (χ4v) is 4.86. The third kappa shape index (κ3) is 5.08. The van der Waals surface area contributed by atoms with Crippen molar-refractivity contribution in [1.29, 1.82) is 0 Å². The third-order valence-corrected chi connectivity index (χ3v) is 6.79. The van der Waals surface area contributed by atoms with Crippen LogP contribution in [-0.4, -0.2) is 41.4 Å². The van der Waals surface area contributed by atoms with E-state index in [2.05, 4.69) is 10.3 Å². The Morgan fingerprint density at radius 1 is 1.21 bits per heavy atom. The summed E-state index contributed by atoms with van der Waals surface area (Å²) in [7, 11) is 3.99. The van der Waals surface area contributed by atoms with Crippen molar-refractivity contribution in [3.8, 4) is 0 Å².